The van der Waals surface area contributed by atoms with Crippen molar-refractivity contribution in [1.82, 2.24) is 9.78 Å². The highest BCUT2D eigenvalue weighted by atomic mass is 127. The molecule has 6 heteroatoms. The van der Waals surface area contributed by atoms with Crippen LogP contribution in [0.2, 0.25) is 0 Å². The first-order chi connectivity index (χ1) is 11.7. The van der Waals surface area contributed by atoms with Crippen molar-refractivity contribution < 1.29 is 4.79 Å². The van der Waals surface area contributed by atoms with Crippen LogP contribution in [0.4, 0.5) is 5.82 Å². The first-order valence-electron chi connectivity index (χ1n) is 7.91. The normalized spacial score (nSPS) is 14.4. The van der Waals surface area contributed by atoms with E-state index in [1.54, 1.807) is 11.3 Å². The standard InChI is InChI=1S/C18H16IN3OS/c19-13-6-8-14(9-7-13)22-17(20-18(23)12-3-1-4-12)11-15(21-22)16-5-2-10-24-16/h2,5-12H,1,3-4H2,(H,20,23). The Balaban J connectivity index is 1.71. The number of nitrogens with one attached hydrogen (secondary N) is 1. The van der Waals surface area contributed by atoms with Crippen molar-refractivity contribution >= 4 is 45.7 Å². The SMILES string of the molecule is O=C(Nc1cc(-c2cccs2)nn1-c1ccc(I)cc1)C1CCC1. The summed E-state index contributed by atoms with van der Waals surface area (Å²) < 4.78 is 2.99. The van der Waals surface area contributed by atoms with Crippen molar-refractivity contribution in [3.8, 4) is 16.3 Å². The Morgan fingerprint density at radius 3 is 2.67 bits per heavy atom. The van der Waals surface area contributed by atoms with Crippen LogP contribution >= 0.6 is 33.9 Å². The molecule has 0 unspecified atom stereocenters. The van der Waals surface area contributed by atoms with Crippen LogP contribution in [0.25, 0.3) is 16.3 Å². The molecule has 1 aliphatic carbocycles. The average Bonchev–Trinajstić information content (AvgIpc) is 3.15. The summed E-state index contributed by atoms with van der Waals surface area (Å²) >= 11 is 3.93. The number of hydrogen-bond donors (Lipinski definition) is 1. The molecule has 2 aromatic heterocycles. The van der Waals surface area contributed by atoms with Gasteiger partial charge < -0.3 is 5.32 Å². The highest BCUT2D eigenvalue weighted by molar-refractivity contribution is 14.1. The van der Waals surface area contributed by atoms with Gasteiger partial charge >= 0.3 is 0 Å². The van der Waals surface area contributed by atoms with E-state index in [0.717, 1.165) is 41.3 Å². The Kier molecular flexibility index (Phi) is 4.41. The van der Waals surface area contributed by atoms with Crippen LogP contribution in [-0.4, -0.2) is 15.7 Å². The number of amides is 1. The molecule has 4 nitrogen and oxygen atoms in total. The number of thiophene rings is 1. The van der Waals surface area contributed by atoms with Gasteiger partial charge in [0.25, 0.3) is 0 Å². The zero-order chi connectivity index (χ0) is 16.5. The Morgan fingerprint density at radius 2 is 2.04 bits per heavy atom. The summed E-state index contributed by atoms with van der Waals surface area (Å²) in [5.41, 5.74) is 1.83. The van der Waals surface area contributed by atoms with E-state index in [1.807, 2.05) is 52.5 Å². The zero-order valence-electron chi connectivity index (χ0n) is 12.9. The molecule has 0 spiro atoms. The first-order valence-corrected chi connectivity index (χ1v) is 9.87. The van der Waals surface area contributed by atoms with Gasteiger partial charge in [-0.3, -0.25) is 4.79 Å². The molecule has 0 bridgehead atoms. The van der Waals surface area contributed by atoms with Gasteiger partial charge in [0.05, 0.1) is 10.6 Å². The number of rotatable bonds is 4. The summed E-state index contributed by atoms with van der Waals surface area (Å²) in [6.45, 7) is 0. The number of halogens is 1. The van der Waals surface area contributed by atoms with Crippen LogP contribution in [0.3, 0.4) is 0 Å². The van der Waals surface area contributed by atoms with Gasteiger partial charge in [0.2, 0.25) is 5.91 Å². The molecule has 0 saturated heterocycles. The minimum absolute atomic E-state index is 0.102. The fourth-order valence-electron chi connectivity index (χ4n) is 2.69. The van der Waals surface area contributed by atoms with Crippen molar-refractivity contribution in [3.63, 3.8) is 0 Å². The molecule has 0 aliphatic heterocycles. The molecule has 0 radical (unpaired) electrons. The van der Waals surface area contributed by atoms with E-state index in [4.69, 9.17) is 5.10 Å². The number of anilines is 1. The molecule has 2 heterocycles. The van der Waals surface area contributed by atoms with Gasteiger partial charge in [0.15, 0.2) is 0 Å². The summed E-state index contributed by atoms with van der Waals surface area (Å²) in [7, 11) is 0. The minimum Gasteiger partial charge on any atom is -0.310 e. The first kappa shape index (κ1) is 15.8. The minimum atomic E-state index is 0.102. The average molecular weight is 449 g/mol. The topological polar surface area (TPSA) is 46.9 Å². The lowest BCUT2D eigenvalue weighted by atomic mass is 9.85. The van der Waals surface area contributed by atoms with E-state index in [0.29, 0.717) is 0 Å². The second-order valence-corrected chi connectivity index (χ2v) is 8.09. The molecule has 122 valence electrons. The van der Waals surface area contributed by atoms with Gasteiger partial charge in [-0.15, -0.1) is 11.3 Å². The monoisotopic (exact) mass is 449 g/mol. The van der Waals surface area contributed by atoms with Crippen molar-refractivity contribution in [1.29, 1.82) is 0 Å². The number of carbonyl (C=O) groups excluding carboxylic acids is 1. The second-order valence-electron chi connectivity index (χ2n) is 5.90. The van der Waals surface area contributed by atoms with E-state index < -0.39 is 0 Å². The smallest absolute Gasteiger partial charge is 0.228 e. The van der Waals surface area contributed by atoms with E-state index in [9.17, 15) is 4.79 Å². The molecule has 24 heavy (non-hydrogen) atoms. The molecular formula is C18H16IN3OS. The Bertz CT molecular complexity index is 851. The third-order valence-electron chi connectivity index (χ3n) is 4.28. The Labute approximate surface area is 158 Å². The fraction of sp³-hybridized carbons (Fsp3) is 0.222. The summed E-state index contributed by atoms with van der Waals surface area (Å²) in [6, 6.07) is 14.1. The van der Waals surface area contributed by atoms with Gasteiger partial charge in [0, 0.05) is 15.6 Å². The van der Waals surface area contributed by atoms with Crippen LogP contribution in [0.15, 0.2) is 47.8 Å². The molecule has 1 fully saturated rings. The van der Waals surface area contributed by atoms with Crippen LogP contribution in [0, 0.1) is 9.49 Å². The predicted molar refractivity (Wildman–Crippen MR) is 106 cm³/mol. The molecule has 0 atom stereocenters. The predicted octanol–water partition coefficient (Wildman–Crippen LogP) is 4.94. The molecule has 1 N–H and O–H groups in total. The fourth-order valence-corrected chi connectivity index (χ4v) is 3.73. The molecule has 1 amide bonds. The van der Waals surface area contributed by atoms with Crippen LogP contribution < -0.4 is 5.32 Å². The largest absolute Gasteiger partial charge is 0.310 e. The van der Waals surface area contributed by atoms with Crippen LogP contribution in [0.1, 0.15) is 19.3 Å². The number of hydrogen-bond acceptors (Lipinski definition) is 3. The van der Waals surface area contributed by atoms with E-state index in [1.165, 1.54) is 3.57 Å². The van der Waals surface area contributed by atoms with Crippen molar-refractivity contribution in [2.75, 3.05) is 5.32 Å². The maximum atomic E-state index is 12.4. The Morgan fingerprint density at radius 1 is 1.25 bits per heavy atom. The van der Waals surface area contributed by atoms with E-state index in [2.05, 4.69) is 27.9 Å². The van der Waals surface area contributed by atoms with Crippen molar-refractivity contribution in [2.24, 2.45) is 5.92 Å². The number of benzene rings is 1. The lowest BCUT2D eigenvalue weighted by molar-refractivity contribution is -0.122. The zero-order valence-corrected chi connectivity index (χ0v) is 15.9. The van der Waals surface area contributed by atoms with Gasteiger partial charge in [-0.2, -0.15) is 5.10 Å². The lowest BCUT2D eigenvalue weighted by Crippen LogP contribution is -2.28. The van der Waals surface area contributed by atoms with E-state index in [-0.39, 0.29) is 11.8 Å². The third kappa shape index (κ3) is 3.12. The maximum absolute atomic E-state index is 12.4. The summed E-state index contributed by atoms with van der Waals surface area (Å²) in [4.78, 5) is 13.5. The maximum Gasteiger partial charge on any atom is 0.228 e. The number of carbonyl (C=O) groups is 1. The highest BCUT2D eigenvalue weighted by Crippen LogP contribution is 2.31. The number of aromatic nitrogens is 2. The van der Waals surface area contributed by atoms with Gasteiger partial charge in [0.1, 0.15) is 11.5 Å². The van der Waals surface area contributed by atoms with E-state index >= 15 is 0 Å². The quantitative estimate of drug-likeness (QED) is 0.574. The number of nitrogens with zero attached hydrogens (tertiary/aromatic N) is 2. The second kappa shape index (κ2) is 6.68. The van der Waals surface area contributed by atoms with Crippen molar-refractivity contribution in [2.45, 2.75) is 19.3 Å². The summed E-state index contributed by atoms with van der Waals surface area (Å²) in [5, 5.41) is 9.82. The molecule has 1 aliphatic rings. The van der Waals surface area contributed by atoms with Gasteiger partial charge in [-0.25, -0.2) is 4.68 Å². The van der Waals surface area contributed by atoms with Gasteiger partial charge in [-0.1, -0.05) is 12.5 Å². The molecule has 4 rings (SSSR count). The summed E-state index contributed by atoms with van der Waals surface area (Å²) in [6.07, 6.45) is 3.12. The highest BCUT2D eigenvalue weighted by Gasteiger charge is 2.26. The van der Waals surface area contributed by atoms with Crippen LogP contribution in [-0.2, 0) is 4.79 Å². The molecular weight excluding hydrogens is 433 g/mol. The van der Waals surface area contributed by atoms with Gasteiger partial charge in [-0.05, 0) is 71.1 Å². The lowest BCUT2D eigenvalue weighted by Gasteiger charge is -2.24. The van der Waals surface area contributed by atoms with Crippen LogP contribution in [0.5, 0.6) is 0 Å². The molecule has 3 aromatic rings. The Hall–Kier alpha value is -1.67. The molecule has 1 aromatic carbocycles. The molecule has 1 saturated carbocycles. The third-order valence-corrected chi connectivity index (χ3v) is 5.89. The van der Waals surface area contributed by atoms with Crippen molar-refractivity contribution in [3.05, 3.63) is 51.4 Å². The summed E-state index contributed by atoms with van der Waals surface area (Å²) in [5.74, 6) is 0.984.